The van der Waals surface area contributed by atoms with Gasteiger partial charge < -0.3 is 4.74 Å². The van der Waals surface area contributed by atoms with Gasteiger partial charge in [-0.2, -0.15) is 10.2 Å². The molecule has 0 bridgehead atoms. The van der Waals surface area contributed by atoms with E-state index in [1.165, 1.54) is 0 Å². The molecule has 1 fully saturated rings. The van der Waals surface area contributed by atoms with Crippen molar-refractivity contribution >= 4 is 10.9 Å². The lowest BCUT2D eigenvalue weighted by atomic mass is 10.1. The van der Waals surface area contributed by atoms with Crippen molar-refractivity contribution in [2.75, 3.05) is 6.61 Å². The first-order valence-electron chi connectivity index (χ1n) is 11.8. The minimum atomic E-state index is -0.0709. The number of nitrogens with zero attached hydrogens (tertiary/aromatic N) is 8. The van der Waals surface area contributed by atoms with Crippen LogP contribution >= 0.6 is 0 Å². The largest absolute Gasteiger partial charge is 0.356 e. The average molecular weight is 455 g/mol. The number of ether oxygens (including phenoxy) is 1. The lowest BCUT2D eigenvalue weighted by molar-refractivity contribution is -0.0365. The summed E-state index contributed by atoms with van der Waals surface area (Å²) in [6.07, 6.45) is 13.6. The SMILES string of the molecule is CCCn1cc(-c2ccc3c(c2)c(-c2cn(-c4ccncc4)nn2)nn3C2CCCCO2)cn1. The van der Waals surface area contributed by atoms with E-state index in [1.54, 1.807) is 17.1 Å². The van der Waals surface area contributed by atoms with Crippen molar-refractivity contribution in [3.05, 3.63) is 61.3 Å². The van der Waals surface area contributed by atoms with E-state index in [2.05, 4.69) is 51.7 Å². The lowest BCUT2D eigenvalue weighted by Crippen LogP contribution is -2.19. The fraction of sp³-hybridized carbons (Fsp3) is 0.320. The van der Waals surface area contributed by atoms with E-state index in [4.69, 9.17) is 9.84 Å². The van der Waals surface area contributed by atoms with Gasteiger partial charge in [-0.3, -0.25) is 9.67 Å². The summed E-state index contributed by atoms with van der Waals surface area (Å²) in [4.78, 5) is 4.09. The number of pyridine rings is 1. The molecule has 0 N–H and O–H groups in total. The summed E-state index contributed by atoms with van der Waals surface area (Å²) in [5, 5.41) is 19.3. The maximum Gasteiger partial charge on any atom is 0.150 e. The Morgan fingerprint density at radius 3 is 2.79 bits per heavy atom. The predicted octanol–water partition coefficient (Wildman–Crippen LogP) is 4.65. The standard InChI is InChI=1S/C25H26N8O/c1-2-12-31-16-19(15-27-31)18-6-7-23-21(14-18)25(29-33(23)24-5-3-4-13-34-24)22-17-32(30-28-22)20-8-10-26-11-9-20/h6-11,14-17,24H,2-5,12-13H2,1H3. The first kappa shape index (κ1) is 20.7. The van der Waals surface area contributed by atoms with Crippen LogP contribution in [0.4, 0.5) is 0 Å². The van der Waals surface area contributed by atoms with Crippen LogP contribution in [0.15, 0.2) is 61.3 Å². The summed E-state index contributed by atoms with van der Waals surface area (Å²) >= 11 is 0. The highest BCUT2D eigenvalue weighted by atomic mass is 16.5. The molecule has 6 rings (SSSR count). The smallest absolute Gasteiger partial charge is 0.150 e. The van der Waals surface area contributed by atoms with Gasteiger partial charge in [0.15, 0.2) is 6.23 Å². The molecule has 172 valence electrons. The highest BCUT2D eigenvalue weighted by molar-refractivity contribution is 5.95. The first-order valence-corrected chi connectivity index (χ1v) is 11.8. The second kappa shape index (κ2) is 8.83. The highest BCUT2D eigenvalue weighted by Gasteiger charge is 2.23. The predicted molar refractivity (Wildman–Crippen MR) is 128 cm³/mol. The number of rotatable bonds is 6. The van der Waals surface area contributed by atoms with Crippen molar-refractivity contribution in [3.8, 4) is 28.2 Å². The van der Waals surface area contributed by atoms with E-state index < -0.39 is 0 Å². The van der Waals surface area contributed by atoms with E-state index in [0.717, 1.165) is 77.9 Å². The van der Waals surface area contributed by atoms with Gasteiger partial charge in [0.25, 0.3) is 0 Å². The topological polar surface area (TPSA) is 88.5 Å². The summed E-state index contributed by atoms with van der Waals surface area (Å²) in [7, 11) is 0. The highest BCUT2D eigenvalue weighted by Crippen LogP contribution is 2.34. The zero-order valence-electron chi connectivity index (χ0n) is 19.1. The minimum absolute atomic E-state index is 0.0709. The molecule has 1 aliphatic rings. The monoisotopic (exact) mass is 454 g/mol. The van der Waals surface area contributed by atoms with Crippen LogP contribution in [0.2, 0.25) is 0 Å². The van der Waals surface area contributed by atoms with E-state index in [9.17, 15) is 0 Å². The average Bonchev–Trinajstić information content (AvgIpc) is 3.63. The van der Waals surface area contributed by atoms with Crippen LogP contribution in [-0.2, 0) is 11.3 Å². The summed E-state index contributed by atoms with van der Waals surface area (Å²) in [6.45, 7) is 3.82. The second-order valence-corrected chi connectivity index (χ2v) is 8.59. The van der Waals surface area contributed by atoms with Gasteiger partial charge in [0.05, 0.1) is 23.6 Å². The van der Waals surface area contributed by atoms with Crippen LogP contribution in [0.5, 0.6) is 0 Å². The number of benzene rings is 1. The third kappa shape index (κ3) is 3.77. The molecule has 5 aromatic rings. The molecule has 34 heavy (non-hydrogen) atoms. The molecular formula is C25H26N8O. The molecule has 1 aromatic carbocycles. The van der Waals surface area contributed by atoms with Gasteiger partial charge in [-0.05, 0) is 55.5 Å². The lowest BCUT2D eigenvalue weighted by Gasteiger charge is -2.23. The molecule has 9 heteroatoms. The molecular weight excluding hydrogens is 428 g/mol. The number of hydrogen-bond donors (Lipinski definition) is 0. The molecule has 1 aliphatic heterocycles. The first-order chi connectivity index (χ1) is 16.8. The van der Waals surface area contributed by atoms with E-state index in [0.29, 0.717) is 0 Å². The third-order valence-corrected chi connectivity index (χ3v) is 6.22. The Labute approximate surface area is 197 Å². The molecule has 1 saturated heterocycles. The normalized spacial score (nSPS) is 16.3. The van der Waals surface area contributed by atoms with Gasteiger partial charge >= 0.3 is 0 Å². The van der Waals surface area contributed by atoms with Crippen molar-refractivity contribution in [3.63, 3.8) is 0 Å². The third-order valence-electron chi connectivity index (χ3n) is 6.22. The van der Waals surface area contributed by atoms with Gasteiger partial charge in [0.2, 0.25) is 0 Å². The zero-order chi connectivity index (χ0) is 22.9. The van der Waals surface area contributed by atoms with E-state index in [1.807, 2.05) is 33.9 Å². The Morgan fingerprint density at radius 2 is 1.97 bits per heavy atom. The van der Waals surface area contributed by atoms with Gasteiger partial charge in [-0.15, -0.1) is 5.10 Å². The molecule has 0 amide bonds. The van der Waals surface area contributed by atoms with Crippen LogP contribution in [0, 0.1) is 0 Å². The molecule has 0 aliphatic carbocycles. The summed E-state index contributed by atoms with van der Waals surface area (Å²) in [5.41, 5.74) is 5.63. The van der Waals surface area contributed by atoms with Crippen LogP contribution in [-0.4, -0.2) is 46.1 Å². The van der Waals surface area contributed by atoms with Gasteiger partial charge in [0, 0.05) is 42.7 Å². The Kier molecular flexibility index (Phi) is 5.38. The zero-order valence-corrected chi connectivity index (χ0v) is 19.1. The minimum Gasteiger partial charge on any atom is -0.356 e. The Morgan fingerprint density at radius 1 is 1.06 bits per heavy atom. The fourth-order valence-corrected chi connectivity index (χ4v) is 4.51. The molecule has 5 heterocycles. The Hall–Kier alpha value is -3.85. The van der Waals surface area contributed by atoms with Crippen molar-refractivity contribution < 1.29 is 4.74 Å². The van der Waals surface area contributed by atoms with Gasteiger partial charge in [0.1, 0.15) is 11.4 Å². The molecule has 0 spiro atoms. The number of aryl methyl sites for hydroxylation is 1. The van der Waals surface area contributed by atoms with Gasteiger partial charge in [-0.1, -0.05) is 18.2 Å². The van der Waals surface area contributed by atoms with Crippen LogP contribution < -0.4 is 0 Å². The molecule has 1 atom stereocenters. The maximum absolute atomic E-state index is 6.08. The fourth-order valence-electron chi connectivity index (χ4n) is 4.51. The molecule has 4 aromatic heterocycles. The summed E-state index contributed by atoms with van der Waals surface area (Å²) in [5.74, 6) is 0. The maximum atomic E-state index is 6.08. The van der Waals surface area contributed by atoms with Crippen molar-refractivity contribution in [2.45, 2.75) is 45.4 Å². The number of aromatic nitrogens is 8. The van der Waals surface area contributed by atoms with Gasteiger partial charge in [-0.25, -0.2) is 9.36 Å². The molecule has 0 saturated carbocycles. The summed E-state index contributed by atoms with van der Waals surface area (Å²) < 4.78 is 11.8. The quantitative estimate of drug-likeness (QED) is 0.371. The molecule has 1 unspecified atom stereocenters. The van der Waals surface area contributed by atoms with Crippen molar-refractivity contribution in [1.82, 2.24) is 39.5 Å². The number of fused-ring (bicyclic) bond motifs is 1. The van der Waals surface area contributed by atoms with Crippen molar-refractivity contribution in [2.24, 2.45) is 0 Å². The Bertz CT molecular complexity index is 1410. The van der Waals surface area contributed by atoms with Crippen LogP contribution in [0.1, 0.15) is 38.8 Å². The number of hydrogen-bond acceptors (Lipinski definition) is 6. The Balaban J connectivity index is 1.47. The van der Waals surface area contributed by atoms with Crippen LogP contribution in [0.3, 0.4) is 0 Å². The van der Waals surface area contributed by atoms with Crippen LogP contribution in [0.25, 0.3) is 39.1 Å². The van der Waals surface area contributed by atoms with Crippen molar-refractivity contribution in [1.29, 1.82) is 0 Å². The molecule has 0 radical (unpaired) electrons. The van der Waals surface area contributed by atoms with E-state index in [-0.39, 0.29) is 6.23 Å². The van der Waals surface area contributed by atoms with E-state index >= 15 is 0 Å². The second-order valence-electron chi connectivity index (χ2n) is 8.59. The summed E-state index contributed by atoms with van der Waals surface area (Å²) in [6, 6.07) is 10.2. The molecule has 9 nitrogen and oxygen atoms in total.